The Balaban J connectivity index is 1.84. The SMILES string of the molecule is CC(C)(C)c1ccc(O)c([C@H]2O[C@H](c3cc(C(C)(C)C)ccc3O)c3ccccc32)c1. The van der Waals surface area contributed by atoms with Gasteiger partial charge in [0.15, 0.2) is 0 Å². The summed E-state index contributed by atoms with van der Waals surface area (Å²) in [6.45, 7) is 12.9. The molecule has 0 aromatic heterocycles. The fraction of sp³-hybridized carbons (Fsp3) is 0.357. The van der Waals surface area contributed by atoms with E-state index in [0.29, 0.717) is 0 Å². The van der Waals surface area contributed by atoms with E-state index in [-0.39, 0.29) is 22.3 Å². The average Bonchev–Trinajstić information content (AvgIpc) is 3.06. The van der Waals surface area contributed by atoms with E-state index in [1.54, 1.807) is 12.1 Å². The van der Waals surface area contributed by atoms with Crippen LogP contribution in [0.3, 0.4) is 0 Å². The Morgan fingerprint density at radius 3 is 1.32 bits per heavy atom. The van der Waals surface area contributed by atoms with Crippen LogP contribution in [0.4, 0.5) is 0 Å². The number of rotatable bonds is 2. The number of hydrogen-bond donors (Lipinski definition) is 2. The van der Waals surface area contributed by atoms with Gasteiger partial charge in [-0.25, -0.2) is 0 Å². The van der Waals surface area contributed by atoms with Crippen LogP contribution in [0.1, 0.15) is 87.1 Å². The molecule has 4 rings (SSSR count). The fourth-order valence-electron chi connectivity index (χ4n) is 4.21. The predicted molar refractivity (Wildman–Crippen MR) is 125 cm³/mol. The normalized spacial score (nSPS) is 18.8. The molecule has 0 saturated heterocycles. The van der Waals surface area contributed by atoms with Crippen LogP contribution in [0.5, 0.6) is 11.5 Å². The molecule has 1 heterocycles. The first-order valence-electron chi connectivity index (χ1n) is 10.9. The van der Waals surface area contributed by atoms with Crippen LogP contribution in [0.25, 0.3) is 0 Å². The lowest BCUT2D eigenvalue weighted by Gasteiger charge is -2.24. The summed E-state index contributed by atoms with van der Waals surface area (Å²) in [5.41, 5.74) is 5.76. The molecule has 0 amide bonds. The summed E-state index contributed by atoms with van der Waals surface area (Å²) in [5, 5.41) is 21.4. The summed E-state index contributed by atoms with van der Waals surface area (Å²) < 4.78 is 6.58. The van der Waals surface area contributed by atoms with Crippen molar-refractivity contribution in [1.29, 1.82) is 0 Å². The van der Waals surface area contributed by atoms with Gasteiger partial charge in [-0.2, -0.15) is 0 Å². The number of phenols is 2. The molecule has 3 nitrogen and oxygen atoms in total. The molecular weight excluding hydrogens is 384 g/mol. The molecule has 2 atom stereocenters. The Kier molecular flexibility index (Phi) is 5.13. The molecule has 0 unspecified atom stereocenters. The van der Waals surface area contributed by atoms with Gasteiger partial charge in [-0.05, 0) is 57.3 Å². The van der Waals surface area contributed by atoms with Crippen molar-refractivity contribution in [2.75, 3.05) is 0 Å². The van der Waals surface area contributed by atoms with E-state index in [0.717, 1.165) is 33.4 Å². The highest BCUT2D eigenvalue weighted by Gasteiger charge is 2.37. The Morgan fingerprint density at radius 2 is 0.968 bits per heavy atom. The summed E-state index contributed by atoms with van der Waals surface area (Å²) in [6.07, 6.45) is -0.803. The van der Waals surface area contributed by atoms with Gasteiger partial charge >= 0.3 is 0 Å². The molecule has 0 bridgehead atoms. The van der Waals surface area contributed by atoms with Gasteiger partial charge in [0.25, 0.3) is 0 Å². The minimum atomic E-state index is -0.402. The zero-order valence-corrected chi connectivity index (χ0v) is 19.2. The Bertz CT molecular complexity index is 1030. The number of ether oxygens (including phenoxy) is 1. The van der Waals surface area contributed by atoms with Crippen LogP contribution in [0.15, 0.2) is 60.7 Å². The highest BCUT2D eigenvalue weighted by atomic mass is 16.5. The van der Waals surface area contributed by atoms with E-state index in [2.05, 4.69) is 41.5 Å². The van der Waals surface area contributed by atoms with Crippen LogP contribution < -0.4 is 0 Å². The van der Waals surface area contributed by atoms with Gasteiger partial charge in [0, 0.05) is 11.1 Å². The molecule has 162 valence electrons. The van der Waals surface area contributed by atoms with E-state index in [1.165, 1.54) is 0 Å². The van der Waals surface area contributed by atoms with Crippen LogP contribution in [0, 0.1) is 0 Å². The van der Waals surface area contributed by atoms with Crippen LogP contribution in [-0.4, -0.2) is 10.2 Å². The second-order valence-corrected chi connectivity index (χ2v) is 10.6. The van der Waals surface area contributed by atoms with Gasteiger partial charge < -0.3 is 14.9 Å². The van der Waals surface area contributed by atoms with E-state index >= 15 is 0 Å². The number of benzene rings is 3. The van der Waals surface area contributed by atoms with Crippen LogP contribution >= 0.6 is 0 Å². The third kappa shape index (κ3) is 3.95. The van der Waals surface area contributed by atoms with Crippen molar-refractivity contribution in [2.24, 2.45) is 0 Å². The average molecular weight is 417 g/mol. The van der Waals surface area contributed by atoms with Crippen molar-refractivity contribution in [2.45, 2.75) is 64.6 Å². The van der Waals surface area contributed by atoms with Gasteiger partial charge in [0.05, 0.1) is 0 Å². The zero-order valence-electron chi connectivity index (χ0n) is 19.2. The maximum absolute atomic E-state index is 10.7. The molecule has 0 fully saturated rings. The van der Waals surface area contributed by atoms with Crippen LogP contribution in [0.2, 0.25) is 0 Å². The molecule has 0 spiro atoms. The smallest absolute Gasteiger partial charge is 0.121 e. The van der Waals surface area contributed by atoms with Crippen molar-refractivity contribution >= 4 is 0 Å². The van der Waals surface area contributed by atoms with Crippen molar-refractivity contribution in [3.8, 4) is 11.5 Å². The molecule has 0 aliphatic carbocycles. The van der Waals surface area contributed by atoms with E-state index < -0.39 is 12.2 Å². The first-order valence-corrected chi connectivity index (χ1v) is 10.9. The number of phenolic OH excluding ortho intramolecular Hbond substituents is 2. The van der Waals surface area contributed by atoms with E-state index in [1.807, 2.05) is 48.5 Å². The minimum Gasteiger partial charge on any atom is -0.508 e. The summed E-state index contributed by atoms with van der Waals surface area (Å²) in [6, 6.07) is 19.6. The quantitative estimate of drug-likeness (QED) is 0.477. The summed E-state index contributed by atoms with van der Waals surface area (Å²) in [7, 11) is 0. The highest BCUT2D eigenvalue weighted by molar-refractivity contribution is 5.52. The highest BCUT2D eigenvalue weighted by Crippen LogP contribution is 2.50. The molecule has 3 heteroatoms. The molecule has 1 aliphatic rings. The minimum absolute atomic E-state index is 0.0424. The number of hydrogen-bond acceptors (Lipinski definition) is 3. The lowest BCUT2D eigenvalue weighted by atomic mass is 9.84. The van der Waals surface area contributed by atoms with Gasteiger partial charge in [-0.15, -0.1) is 0 Å². The number of fused-ring (bicyclic) bond motifs is 1. The van der Waals surface area contributed by atoms with Gasteiger partial charge in [-0.3, -0.25) is 0 Å². The first-order chi connectivity index (χ1) is 14.5. The molecule has 1 aliphatic heterocycles. The van der Waals surface area contributed by atoms with Gasteiger partial charge in [0.1, 0.15) is 23.7 Å². The van der Waals surface area contributed by atoms with E-state index in [9.17, 15) is 10.2 Å². The maximum Gasteiger partial charge on any atom is 0.121 e. The van der Waals surface area contributed by atoms with Crippen molar-refractivity contribution < 1.29 is 14.9 Å². The molecular formula is C28H32O3. The van der Waals surface area contributed by atoms with Crippen molar-refractivity contribution in [3.63, 3.8) is 0 Å². The lowest BCUT2D eigenvalue weighted by Crippen LogP contribution is -2.13. The topological polar surface area (TPSA) is 49.7 Å². The Morgan fingerprint density at radius 1 is 0.581 bits per heavy atom. The maximum atomic E-state index is 10.7. The third-order valence-electron chi connectivity index (χ3n) is 6.19. The molecule has 3 aromatic rings. The fourth-order valence-corrected chi connectivity index (χ4v) is 4.21. The third-order valence-corrected chi connectivity index (χ3v) is 6.19. The summed E-state index contributed by atoms with van der Waals surface area (Å²) in [5.74, 6) is 0.447. The summed E-state index contributed by atoms with van der Waals surface area (Å²) >= 11 is 0. The second-order valence-electron chi connectivity index (χ2n) is 10.6. The molecule has 2 N–H and O–H groups in total. The predicted octanol–water partition coefficient (Wildman–Crippen LogP) is 6.90. The van der Waals surface area contributed by atoms with E-state index in [4.69, 9.17) is 4.74 Å². The number of aromatic hydroxyl groups is 2. The first kappa shape index (κ1) is 21.5. The van der Waals surface area contributed by atoms with Crippen molar-refractivity contribution in [3.05, 3.63) is 94.0 Å². The Hall–Kier alpha value is -2.78. The molecule has 0 saturated carbocycles. The summed E-state index contributed by atoms with van der Waals surface area (Å²) in [4.78, 5) is 0. The largest absolute Gasteiger partial charge is 0.508 e. The second kappa shape index (κ2) is 7.42. The van der Waals surface area contributed by atoms with Crippen molar-refractivity contribution in [1.82, 2.24) is 0 Å². The van der Waals surface area contributed by atoms with Gasteiger partial charge in [-0.1, -0.05) is 77.9 Å². The van der Waals surface area contributed by atoms with Crippen LogP contribution in [-0.2, 0) is 15.6 Å². The van der Waals surface area contributed by atoms with Gasteiger partial charge in [0.2, 0.25) is 0 Å². The lowest BCUT2D eigenvalue weighted by molar-refractivity contribution is 0.0553. The Labute approximate surface area is 185 Å². The zero-order chi connectivity index (χ0) is 22.6. The molecule has 3 aromatic carbocycles. The molecule has 0 radical (unpaired) electrons. The molecule has 31 heavy (non-hydrogen) atoms. The standard InChI is InChI=1S/C28H32O3/c1-27(2,3)17-11-13-23(29)21(15-17)25-19-9-7-8-10-20(19)26(31-25)22-16-18(28(4,5)6)12-14-24(22)30/h7-16,25-26,29-30H,1-6H3/t25-,26-/m0/s1. The monoisotopic (exact) mass is 416 g/mol.